The lowest BCUT2D eigenvalue weighted by molar-refractivity contribution is 0.258. The van der Waals surface area contributed by atoms with Gasteiger partial charge < -0.3 is 18.9 Å². The molecule has 0 aliphatic carbocycles. The first-order valence-electron chi connectivity index (χ1n) is 31.4. The lowest BCUT2D eigenvalue weighted by Crippen LogP contribution is -2.04. The number of nitrogens with zero attached hydrogens (tertiary/aromatic N) is 2. The van der Waals surface area contributed by atoms with Crippen molar-refractivity contribution in [3.8, 4) is 57.4 Å². The number of hydrogen-bond acceptors (Lipinski definition) is 6. The van der Waals surface area contributed by atoms with Gasteiger partial charge in [-0.25, -0.2) is 0 Å². The Hall–Kier alpha value is -4.16. The van der Waals surface area contributed by atoms with Crippen molar-refractivity contribution < 1.29 is 18.9 Å². The van der Waals surface area contributed by atoms with Gasteiger partial charge in [-0.1, -0.05) is 271 Å². The van der Waals surface area contributed by atoms with Gasteiger partial charge in [-0.05, 0) is 84.3 Å². The molecular weight excluding hydrogens is 909 g/mol. The number of nitriles is 2. The van der Waals surface area contributed by atoms with Gasteiger partial charge in [-0.15, -0.1) is 0 Å². The molecule has 0 aromatic heterocycles. The van der Waals surface area contributed by atoms with E-state index < -0.39 is 0 Å². The number of rotatable bonds is 50. The second-order valence-corrected chi connectivity index (χ2v) is 21.6. The lowest BCUT2D eigenvalue weighted by Gasteiger charge is -2.18. The van der Waals surface area contributed by atoms with Gasteiger partial charge in [0.2, 0.25) is 0 Å². The molecule has 0 unspecified atom stereocenters. The van der Waals surface area contributed by atoms with Crippen LogP contribution in [0, 0.1) is 22.7 Å². The minimum absolute atomic E-state index is 0.356. The molecule has 0 atom stereocenters. The van der Waals surface area contributed by atoms with Gasteiger partial charge in [0.25, 0.3) is 0 Å². The molecular formula is C68H108N2O4. The van der Waals surface area contributed by atoms with Crippen LogP contribution in [-0.4, -0.2) is 26.4 Å². The summed E-state index contributed by atoms with van der Waals surface area (Å²) in [5.74, 6) is 2.99. The van der Waals surface area contributed by atoms with Crippen LogP contribution in [0.4, 0.5) is 0 Å². The molecule has 0 heterocycles. The van der Waals surface area contributed by atoms with Gasteiger partial charge in [-0.2, -0.15) is 10.5 Å². The van der Waals surface area contributed by atoms with Crippen LogP contribution in [0.3, 0.4) is 0 Å². The summed E-state index contributed by atoms with van der Waals surface area (Å²) in [6, 6.07) is 20.8. The summed E-state index contributed by atoms with van der Waals surface area (Å²) in [7, 11) is 0. The Morgan fingerprint density at radius 3 is 0.716 bits per heavy atom. The topological polar surface area (TPSA) is 84.5 Å². The van der Waals surface area contributed by atoms with Gasteiger partial charge in [0.1, 0.15) is 12.1 Å². The van der Waals surface area contributed by atoms with Crippen molar-refractivity contribution in [3.63, 3.8) is 0 Å². The van der Waals surface area contributed by atoms with Gasteiger partial charge in [0.05, 0.1) is 37.6 Å². The van der Waals surface area contributed by atoms with Gasteiger partial charge in [0.15, 0.2) is 23.0 Å². The quantitative estimate of drug-likeness (QED) is 0.0524. The van der Waals surface area contributed by atoms with E-state index >= 15 is 0 Å². The number of benzene rings is 3. The zero-order chi connectivity index (χ0) is 52.8. The second-order valence-electron chi connectivity index (χ2n) is 21.6. The Morgan fingerprint density at radius 1 is 0.270 bits per heavy atom. The highest BCUT2D eigenvalue weighted by Gasteiger charge is 2.18. The van der Waals surface area contributed by atoms with E-state index in [2.05, 4.69) is 64.1 Å². The number of hydrogen-bond donors (Lipinski definition) is 0. The highest BCUT2D eigenvalue weighted by molar-refractivity contribution is 5.87. The Labute approximate surface area is 455 Å². The molecule has 0 amide bonds. The van der Waals surface area contributed by atoms with Crippen LogP contribution in [0.1, 0.15) is 296 Å². The van der Waals surface area contributed by atoms with Crippen molar-refractivity contribution in [2.24, 2.45) is 0 Å². The van der Waals surface area contributed by atoms with E-state index in [-0.39, 0.29) is 0 Å². The highest BCUT2D eigenvalue weighted by Crippen LogP contribution is 2.42. The van der Waals surface area contributed by atoms with E-state index in [0.29, 0.717) is 37.6 Å². The van der Waals surface area contributed by atoms with E-state index in [1.165, 1.54) is 218 Å². The first kappa shape index (κ1) is 64.1. The van der Waals surface area contributed by atoms with Crippen LogP contribution in [0.25, 0.3) is 22.3 Å². The summed E-state index contributed by atoms with van der Waals surface area (Å²) in [5.41, 5.74) is 4.28. The van der Waals surface area contributed by atoms with Gasteiger partial charge in [0, 0.05) is 0 Å². The van der Waals surface area contributed by atoms with Crippen molar-refractivity contribution in [1.29, 1.82) is 10.5 Å². The van der Waals surface area contributed by atoms with Crippen molar-refractivity contribution in [2.45, 2.75) is 285 Å². The first-order valence-corrected chi connectivity index (χ1v) is 31.4. The van der Waals surface area contributed by atoms with Crippen molar-refractivity contribution in [2.75, 3.05) is 26.4 Å². The number of unbranched alkanes of at least 4 members (excludes halogenated alkanes) is 36. The maximum atomic E-state index is 10.3. The molecule has 0 aliphatic heterocycles. The monoisotopic (exact) mass is 1020 g/mol. The third-order valence-electron chi connectivity index (χ3n) is 14.9. The molecule has 0 N–H and O–H groups in total. The van der Waals surface area contributed by atoms with Crippen molar-refractivity contribution in [3.05, 3.63) is 59.7 Å². The third-order valence-corrected chi connectivity index (χ3v) is 14.9. The zero-order valence-electron chi connectivity index (χ0n) is 48.3. The highest BCUT2D eigenvalue weighted by atomic mass is 16.5. The summed E-state index contributed by atoms with van der Waals surface area (Å²) in [6.45, 7) is 11.7. The minimum Gasteiger partial charge on any atom is -0.490 e. The molecule has 0 radical (unpaired) electrons. The molecule has 3 rings (SSSR count). The SMILES string of the molecule is CCCCCCCCCCCCOc1ccc(-c2cc(C#N)c(C#N)cc2-c2ccc(OCCCCCCCCCCCC)c(OCCCCCCCCCCCC)c2)cc1OCCCCCCCCCCCC. The largest absolute Gasteiger partial charge is 0.490 e. The van der Waals surface area contributed by atoms with Crippen LogP contribution in [-0.2, 0) is 0 Å². The summed E-state index contributed by atoms with van der Waals surface area (Å²) >= 11 is 0. The van der Waals surface area contributed by atoms with E-state index in [1.807, 2.05) is 24.3 Å². The summed E-state index contributed by atoms with van der Waals surface area (Å²) in [5, 5.41) is 20.6. The van der Waals surface area contributed by atoms with Crippen LogP contribution >= 0.6 is 0 Å². The maximum absolute atomic E-state index is 10.3. The molecule has 0 fully saturated rings. The molecule has 0 saturated heterocycles. The van der Waals surface area contributed by atoms with Crippen LogP contribution in [0.5, 0.6) is 23.0 Å². The average molecular weight is 1020 g/mol. The fraction of sp³-hybridized carbons (Fsp3) is 0.706. The van der Waals surface area contributed by atoms with E-state index in [4.69, 9.17) is 18.9 Å². The molecule has 6 heteroatoms. The molecule has 74 heavy (non-hydrogen) atoms. The Balaban J connectivity index is 1.82. The first-order chi connectivity index (χ1) is 36.6. The van der Waals surface area contributed by atoms with Crippen molar-refractivity contribution >= 4 is 0 Å². The predicted molar refractivity (Wildman–Crippen MR) is 316 cm³/mol. The average Bonchev–Trinajstić information content (AvgIpc) is 3.42. The fourth-order valence-corrected chi connectivity index (χ4v) is 10.2. The van der Waals surface area contributed by atoms with Crippen LogP contribution < -0.4 is 18.9 Å². The third kappa shape index (κ3) is 29.2. The second kappa shape index (κ2) is 45.1. The zero-order valence-corrected chi connectivity index (χ0v) is 48.3. The van der Waals surface area contributed by atoms with Gasteiger partial charge in [-0.3, -0.25) is 0 Å². The molecule has 3 aromatic carbocycles. The smallest absolute Gasteiger partial charge is 0.161 e. The number of ether oxygens (including phenoxy) is 4. The van der Waals surface area contributed by atoms with E-state index in [9.17, 15) is 10.5 Å². The molecule has 3 aromatic rings. The lowest BCUT2D eigenvalue weighted by atomic mass is 9.90. The van der Waals surface area contributed by atoms with E-state index in [1.54, 1.807) is 0 Å². The fourth-order valence-electron chi connectivity index (χ4n) is 10.2. The summed E-state index contributed by atoms with van der Waals surface area (Å²) in [6.07, 6.45) is 51.1. The molecule has 0 aliphatic rings. The maximum Gasteiger partial charge on any atom is 0.161 e. The summed E-state index contributed by atoms with van der Waals surface area (Å²) in [4.78, 5) is 0. The van der Waals surface area contributed by atoms with Crippen molar-refractivity contribution in [1.82, 2.24) is 0 Å². The summed E-state index contributed by atoms with van der Waals surface area (Å²) < 4.78 is 26.2. The normalized spacial score (nSPS) is 11.2. The Kier molecular flexibility index (Phi) is 39.1. The van der Waals surface area contributed by atoms with Crippen LogP contribution in [0.15, 0.2) is 48.5 Å². The van der Waals surface area contributed by atoms with Crippen LogP contribution in [0.2, 0.25) is 0 Å². The molecule has 6 nitrogen and oxygen atoms in total. The molecule has 414 valence electrons. The predicted octanol–water partition coefficient (Wildman–Crippen LogP) is 22.0. The minimum atomic E-state index is 0.356. The Morgan fingerprint density at radius 2 is 0.486 bits per heavy atom. The van der Waals surface area contributed by atoms with E-state index in [0.717, 1.165) is 83.8 Å². The van der Waals surface area contributed by atoms with Gasteiger partial charge >= 0.3 is 0 Å². The standard InChI is InChI=1S/C68H108N2O4/c1-5-9-13-17-21-25-29-33-37-41-49-71-65-47-45-59(55-67(65)73-51-43-39-35-31-27-23-19-15-11-7-3)63-53-61(57-69)62(58-70)54-64(63)60-46-48-66(72-50-42-38-34-30-26-22-18-14-10-6-2)68(56-60)74-52-44-40-36-32-28-24-20-16-12-8-4/h45-48,53-56H,5-44,49-52H2,1-4H3. The molecule has 0 spiro atoms. The molecule has 0 saturated carbocycles. The molecule has 0 bridgehead atoms. The Bertz CT molecular complexity index is 1770.